The molecule has 0 atom stereocenters. The number of allylic oxidation sites excluding steroid dienone is 2. The molecule has 0 saturated carbocycles. The highest BCUT2D eigenvalue weighted by Gasteiger charge is 2.16. The summed E-state index contributed by atoms with van der Waals surface area (Å²) in [7, 11) is 0. The maximum atomic E-state index is 11.2. The summed E-state index contributed by atoms with van der Waals surface area (Å²) < 4.78 is 5.57. The summed E-state index contributed by atoms with van der Waals surface area (Å²) in [5.74, 6) is 0. The molecule has 0 N–H and O–H groups in total. The number of nitrogens with zero attached hydrogens (tertiary/aromatic N) is 1. The van der Waals surface area contributed by atoms with Gasteiger partial charge in [-0.15, -0.1) is 0 Å². The minimum absolute atomic E-state index is 0.315. The fourth-order valence-electron chi connectivity index (χ4n) is 0.854. The third-order valence-electron chi connectivity index (χ3n) is 1.40. The lowest BCUT2D eigenvalue weighted by Gasteiger charge is -2.21. The summed E-state index contributed by atoms with van der Waals surface area (Å²) in [5.41, 5.74) is 0. The summed E-state index contributed by atoms with van der Waals surface area (Å²) in [6.07, 6.45) is 5.27. The molecule has 0 spiro atoms. The number of carbonyl (C=O) groups excluding carboxylic acids is 1. The summed E-state index contributed by atoms with van der Waals surface area (Å²) >= 11 is 3.26. The van der Waals surface area contributed by atoms with Crippen molar-refractivity contribution in [3.63, 3.8) is 0 Å². The van der Waals surface area contributed by atoms with E-state index in [0.29, 0.717) is 13.2 Å². The largest absolute Gasteiger partial charge is 0.449 e. The van der Waals surface area contributed by atoms with E-state index in [1.165, 1.54) is 4.90 Å². The Labute approximate surface area is 79.8 Å². The van der Waals surface area contributed by atoms with E-state index in [1.807, 2.05) is 12.2 Å². The Balaban J connectivity index is 2.58. The van der Waals surface area contributed by atoms with Gasteiger partial charge in [0.2, 0.25) is 0 Å². The molecule has 12 heavy (non-hydrogen) atoms. The highest BCUT2D eigenvalue weighted by atomic mass is 79.9. The van der Waals surface area contributed by atoms with Crippen LogP contribution in [-0.2, 0) is 4.74 Å². The normalized spacial score (nSPS) is 15.8. The molecule has 3 nitrogen and oxygen atoms in total. The van der Waals surface area contributed by atoms with Gasteiger partial charge in [0.15, 0.2) is 0 Å². The number of amides is 1. The van der Waals surface area contributed by atoms with Gasteiger partial charge >= 0.3 is 6.09 Å². The van der Waals surface area contributed by atoms with Crippen LogP contribution in [0.2, 0.25) is 0 Å². The molecule has 1 heterocycles. The van der Waals surface area contributed by atoms with E-state index < -0.39 is 0 Å². The SMILES string of the molecule is CCOC(=O)N1CC=CC=C1Br. The van der Waals surface area contributed by atoms with Gasteiger partial charge in [0.05, 0.1) is 11.2 Å². The van der Waals surface area contributed by atoms with E-state index >= 15 is 0 Å². The number of carbonyl (C=O) groups is 1. The van der Waals surface area contributed by atoms with Crippen LogP contribution in [-0.4, -0.2) is 24.1 Å². The zero-order valence-corrected chi connectivity index (χ0v) is 8.37. The van der Waals surface area contributed by atoms with Crippen molar-refractivity contribution < 1.29 is 9.53 Å². The molecule has 0 saturated heterocycles. The topological polar surface area (TPSA) is 29.5 Å². The number of rotatable bonds is 1. The molecular weight excluding hydrogens is 222 g/mol. The van der Waals surface area contributed by atoms with Gasteiger partial charge in [0.25, 0.3) is 0 Å². The van der Waals surface area contributed by atoms with Crippen molar-refractivity contribution >= 4 is 22.0 Å². The Morgan fingerprint density at radius 1 is 1.83 bits per heavy atom. The van der Waals surface area contributed by atoms with Crippen molar-refractivity contribution in [2.24, 2.45) is 0 Å². The Bertz CT molecular complexity index is 235. The maximum absolute atomic E-state index is 11.2. The van der Waals surface area contributed by atoms with E-state index in [4.69, 9.17) is 4.74 Å². The highest BCUT2D eigenvalue weighted by molar-refractivity contribution is 9.11. The Morgan fingerprint density at radius 3 is 3.17 bits per heavy atom. The van der Waals surface area contributed by atoms with Gasteiger partial charge in [0.1, 0.15) is 0 Å². The smallest absolute Gasteiger partial charge is 0.414 e. The standard InChI is InChI=1S/C8H10BrNO2/c1-2-12-8(11)10-6-4-3-5-7(10)9/h3-5H,2,6H2,1H3. The van der Waals surface area contributed by atoms with Crippen molar-refractivity contribution in [1.82, 2.24) is 4.90 Å². The van der Waals surface area contributed by atoms with Gasteiger partial charge in [-0.25, -0.2) is 4.79 Å². The first-order valence-electron chi connectivity index (χ1n) is 3.72. The molecule has 1 aliphatic rings. The minimum Gasteiger partial charge on any atom is -0.449 e. The van der Waals surface area contributed by atoms with Crippen molar-refractivity contribution in [2.75, 3.05) is 13.2 Å². The van der Waals surface area contributed by atoms with Crippen LogP contribution in [0, 0.1) is 0 Å². The molecular formula is C8H10BrNO2. The van der Waals surface area contributed by atoms with Crippen LogP contribution >= 0.6 is 15.9 Å². The van der Waals surface area contributed by atoms with Crippen LogP contribution in [0.1, 0.15) is 6.92 Å². The molecule has 1 rings (SSSR count). The first-order valence-corrected chi connectivity index (χ1v) is 4.51. The molecule has 0 aliphatic carbocycles. The molecule has 0 bridgehead atoms. The molecule has 0 fully saturated rings. The van der Waals surface area contributed by atoms with Crippen LogP contribution in [0.5, 0.6) is 0 Å². The average Bonchev–Trinajstić information content (AvgIpc) is 2.05. The minimum atomic E-state index is -0.315. The molecule has 0 radical (unpaired) electrons. The molecule has 1 amide bonds. The lowest BCUT2D eigenvalue weighted by Crippen LogP contribution is -2.30. The molecule has 0 aromatic carbocycles. The third-order valence-corrected chi connectivity index (χ3v) is 2.10. The molecule has 1 aliphatic heterocycles. The summed E-state index contributed by atoms with van der Waals surface area (Å²) in [4.78, 5) is 12.7. The van der Waals surface area contributed by atoms with Crippen LogP contribution in [0.3, 0.4) is 0 Å². The van der Waals surface area contributed by atoms with E-state index in [-0.39, 0.29) is 6.09 Å². The second-order valence-corrected chi connectivity index (χ2v) is 3.04. The Hall–Kier alpha value is -0.770. The van der Waals surface area contributed by atoms with Crippen molar-refractivity contribution in [3.05, 3.63) is 22.8 Å². The highest BCUT2D eigenvalue weighted by Crippen LogP contribution is 2.16. The van der Waals surface area contributed by atoms with Crippen molar-refractivity contribution in [1.29, 1.82) is 0 Å². The first kappa shape index (κ1) is 9.32. The first-order chi connectivity index (χ1) is 5.75. The molecule has 0 unspecified atom stereocenters. The van der Waals surface area contributed by atoms with E-state index in [0.717, 1.165) is 4.61 Å². The molecule has 4 heteroatoms. The van der Waals surface area contributed by atoms with Gasteiger partial charge in [-0.1, -0.05) is 12.2 Å². The van der Waals surface area contributed by atoms with E-state index in [9.17, 15) is 4.79 Å². The van der Waals surface area contributed by atoms with E-state index in [2.05, 4.69) is 15.9 Å². The summed E-state index contributed by atoms with van der Waals surface area (Å²) in [5, 5.41) is 0. The van der Waals surface area contributed by atoms with Crippen LogP contribution in [0.25, 0.3) is 0 Å². The molecule has 66 valence electrons. The molecule has 0 aromatic rings. The lowest BCUT2D eigenvalue weighted by molar-refractivity contribution is 0.124. The monoisotopic (exact) mass is 231 g/mol. The number of halogens is 1. The van der Waals surface area contributed by atoms with Gasteiger partial charge in [0, 0.05) is 6.54 Å². The summed E-state index contributed by atoms with van der Waals surface area (Å²) in [6.45, 7) is 2.75. The second-order valence-electron chi connectivity index (χ2n) is 2.23. The predicted molar refractivity (Wildman–Crippen MR) is 49.9 cm³/mol. The fraction of sp³-hybridized carbons (Fsp3) is 0.375. The van der Waals surface area contributed by atoms with Crippen LogP contribution in [0.4, 0.5) is 4.79 Å². The quantitative estimate of drug-likeness (QED) is 0.649. The third kappa shape index (κ3) is 2.11. The number of hydrogen-bond donors (Lipinski definition) is 0. The number of hydrogen-bond acceptors (Lipinski definition) is 2. The lowest BCUT2D eigenvalue weighted by atomic mass is 10.4. The Morgan fingerprint density at radius 2 is 2.58 bits per heavy atom. The predicted octanol–water partition coefficient (Wildman–Crippen LogP) is 2.25. The Kier molecular flexibility index (Phi) is 3.34. The average molecular weight is 232 g/mol. The molecule has 0 aromatic heterocycles. The van der Waals surface area contributed by atoms with Gasteiger partial charge in [-0.2, -0.15) is 0 Å². The van der Waals surface area contributed by atoms with E-state index in [1.54, 1.807) is 13.0 Å². The van der Waals surface area contributed by atoms with Gasteiger partial charge in [-0.3, -0.25) is 4.90 Å². The summed E-state index contributed by atoms with van der Waals surface area (Å²) in [6, 6.07) is 0. The van der Waals surface area contributed by atoms with Crippen molar-refractivity contribution in [2.45, 2.75) is 6.92 Å². The van der Waals surface area contributed by atoms with Gasteiger partial charge < -0.3 is 4.74 Å². The number of ether oxygens (including phenoxy) is 1. The second kappa shape index (κ2) is 4.30. The van der Waals surface area contributed by atoms with Crippen molar-refractivity contribution in [3.8, 4) is 0 Å². The zero-order valence-electron chi connectivity index (χ0n) is 6.79. The van der Waals surface area contributed by atoms with Crippen LogP contribution < -0.4 is 0 Å². The fourth-order valence-corrected chi connectivity index (χ4v) is 1.30. The maximum Gasteiger partial charge on any atom is 0.414 e. The van der Waals surface area contributed by atoms with Gasteiger partial charge in [-0.05, 0) is 28.9 Å². The zero-order chi connectivity index (χ0) is 8.97. The van der Waals surface area contributed by atoms with Crippen LogP contribution in [0.15, 0.2) is 22.8 Å².